The highest BCUT2D eigenvalue weighted by Crippen LogP contribution is 2.23. The summed E-state index contributed by atoms with van der Waals surface area (Å²) in [5.74, 6) is 6.18. The Morgan fingerprint density at radius 2 is 1.47 bits per heavy atom. The van der Waals surface area contributed by atoms with Crippen molar-refractivity contribution in [2.24, 2.45) is 0 Å². The molecule has 1 heterocycles. The first-order valence-electron chi connectivity index (χ1n) is 11.2. The van der Waals surface area contributed by atoms with Crippen LogP contribution in [0.4, 0.5) is 0 Å². The molecule has 0 radical (unpaired) electrons. The van der Waals surface area contributed by atoms with Gasteiger partial charge in [-0.1, -0.05) is 60.5 Å². The van der Waals surface area contributed by atoms with E-state index in [-0.39, 0.29) is 13.1 Å². The topological polar surface area (TPSA) is 93.4 Å². The monoisotopic (exact) mass is 439 g/mol. The molecule has 0 spiro atoms. The van der Waals surface area contributed by atoms with E-state index < -0.39 is 24.4 Å². The van der Waals surface area contributed by atoms with Crippen molar-refractivity contribution in [3.05, 3.63) is 60.2 Å². The summed E-state index contributed by atoms with van der Waals surface area (Å²) in [5, 5.41) is 39.3. The van der Waals surface area contributed by atoms with Crippen molar-refractivity contribution in [1.29, 1.82) is 0 Å². The van der Waals surface area contributed by atoms with Crippen LogP contribution in [0, 0.1) is 11.8 Å². The first-order valence-corrected chi connectivity index (χ1v) is 11.2. The fourth-order valence-corrected chi connectivity index (χ4v) is 3.90. The van der Waals surface area contributed by atoms with Crippen LogP contribution in [0.1, 0.15) is 24.8 Å². The van der Waals surface area contributed by atoms with Crippen LogP contribution >= 0.6 is 0 Å². The maximum Gasteiger partial charge on any atom is 0.110 e. The molecule has 6 heteroatoms. The molecular formula is C26H33NO5. The van der Waals surface area contributed by atoms with E-state index in [0.29, 0.717) is 19.8 Å². The average Bonchev–Trinajstić information content (AvgIpc) is 2.90. The largest absolute Gasteiger partial charge is 0.389 e. The minimum atomic E-state index is -1.32. The van der Waals surface area contributed by atoms with Crippen LogP contribution in [0.2, 0.25) is 0 Å². The summed E-state index contributed by atoms with van der Waals surface area (Å²) in [5.41, 5.74) is 3.48. The molecule has 3 rings (SSSR count). The van der Waals surface area contributed by atoms with Crippen molar-refractivity contribution >= 4 is 0 Å². The fourth-order valence-electron chi connectivity index (χ4n) is 3.90. The summed E-state index contributed by atoms with van der Waals surface area (Å²) in [6.07, 6.45) is -2.28. The lowest BCUT2D eigenvalue weighted by atomic mass is 10.0. The third-order valence-electron chi connectivity index (χ3n) is 5.71. The molecule has 4 N–H and O–H groups in total. The molecule has 1 aliphatic rings. The molecule has 2 aromatic carbocycles. The molecule has 0 unspecified atom stereocenters. The van der Waals surface area contributed by atoms with Crippen molar-refractivity contribution in [2.45, 2.75) is 50.3 Å². The molecule has 0 amide bonds. The van der Waals surface area contributed by atoms with Crippen LogP contribution in [0.15, 0.2) is 54.6 Å². The van der Waals surface area contributed by atoms with Gasteiger partial charge in [-0.05, 0) is 36.1 Å². The van der Waals surface area contributed by atoms with E-state index in [0.717, 1.165) is 24.8 Å². The Kier molecular flexibility index (Phi) is 9.69. The average molecular weight is 440 g/mol. The predicted octanol–water partition coefficient (Wildman–Crippen LogP) is 1.80. The smallest absolute Gasteiger partial charge is 0.110 e. The lowest BCUT2D eigenvalue weighted by Crippen LogP contribution is -2.43. The van der Waals surface area contributed by atoms with Crippen LogP contribution in [-0.2, 0) is 11.3 Å². The number of unbranched alkanes of at least 4 members (excludes halogenated alkanes) is 2. The highest BCUT2D eigenvalue weighted by Gasteiger charge is 2.35. The van der Waals surface area contributed by atoms with E-state index in [1.165, 1.54) is 11.1 Å². The summed E-state index contributed by atoms with van der Waals surface area (Å²) in [7, 11) is 0. The number of aliphatic hydroxyl groups is 4. The van der Waals surface area contributed by atoms with E-state index in [1.54, 1.807) is 0 Å². The van der Waals surface area contributed by atoms with Crippen LogP contribution in [-0.4, -0.2) is 76.0 Å². The van der Waals surface area contributed by atoms with Crippen molar-refractivity contribution in [1.82, 2.24) is 4.90 Å². The van der Waals surface area contributed by atoms with Crippen LogP contribution in [0.3, 0.4) is 0 Å². The third kappa shape index (κ3) is 7.14. The van der Waals surface area contributed by atoms with E-state index in [2.05, 4.69) is 36.1 Å². The second-order valence-corrected chi connectivity index (χ2v) is 8.20. The van der Waals surface area contributed by atoms with Crippen molar-refractivity contribution in [2.75, 3.05) is 26.2 Å². The molecular weight excluding hydrogens is 406 g/mol. The quantitative estimate of drug-likeness (QED) is 0.370. The van der Waals surface area contributed by atoms with Gasteiger partial charge in [-0.15, -0.1) is 5.92 Å². The van der Waals surface area contributed by atoms with Gasteiger partial charge in [-0.25, -0.2) is 0 Å². The zero-order valence-corrected chi connectivity index (χ0v) is 18.3. The van der Waals surface area contributed by atoms with Gasteiger partial charge in [0.15, 0.2) is 0 Å². The molecule has 0 aliphatic carbocycles. The molecule has 4 atom stereocenters. The minimum absolute atomic E-state index is 0.235. The number of rotatable bonds is 8. The summed E-state index contributed by atoms with van der Waals surface area (Å²) < 4.78 is 5.76. The number of nitrogens with zero attached hydrogens (tertiary/aromatic N) is 1. The number of ether oxygens (including phenoxy) is 1. The van der Waals surface area contributed by atoms with Gasteiger partial charge in [0.1, 0.15) is 18.8 Å². The van der Waals surface area contributed by atoms with Crippen molar-refractivity contribution in [3.8, 4) is 23.0 Å². The van der Waals surface area contributed by atoms with Crippen LogP contribution in [0.5, 0.6) is 0 Å². The minimum Gasteiger partial charge on any atom is -0.389 e. The maximum atomic E-state index is 9.90. The fraction of sp³-hybridized carbons (Fsp3) is 0.462. The second kappa shape index (κ2) is 12.7. The molecule has 0 aromatic heterocycles. The van der Waals surface area contributed by atoms with E-state index in [9.17, 15) is 20.4 Å². The Bertz CT molecular complexity index is 863. The first kappa shape index (κ1) is 24.4. The van der Waals surface area contributed by atoms with Crippen molar-refractivity contribution in [3.63, 3.8) is 0 Å². The molecule has 6 nitrogen and oxygen atoms in total. The number of hydrogen-bond acceptors (Lipinski definition) is 6. The lowest BCUT2D eigenvalue weighted by Gasteiger charge is -2.22. The predicted molar refractivity (Wildman–Crippen MR) is 124 cm³/mol. The number of likely N-dealkylation sites (tertiary alicyclic amines) is 1. The molecule has 172 valence electrons. The molecule has 1 saturated heterocycles. The third-order valence-corrected chi connectivity index (χ3v) is 5.71. The normalized spacial score (nSPS) is 23.9. The van der Waals surface area contributed by atoms with Gasteiger partial charge in [0.2, 0.25) is 0 Å². The lowest BCUT2D eigenvalue weighted by molar-refractivity contribution is -0.0894. The Hall–Kier alpha value is -2.24. The summed E-state index contributed by atoms with van der Waals surface area (Å²) in [4.78, 5) is 1.87. The Balaban J connectivity index is 1.34. The number of benzene rings is 2. The van der Waals surface area contributed by atoms with E-state index in [4.69, 9.17) is 4.74 Å². The van der Waals surface area contributed by atoms with Gasteiger partial charge in [-0.2, -0.15) is 0 Å². The number of β-amino-alcohol motifs (C(OH)–C–C–N with tert-alkyl or cyclic N) is 2. The zero-order chi connectivity index (χ0) is 22.8. The Labute approximate surface area is 190 Å². The van der Waals surface area contributed by atoms with Gasteiger partial charge >= 0.3 is 0 Å². The highest BCUT2D eigenvalue weighted by molar-refractivity contribution is 5.67. The standard InChI is InChI=1S/C26H33NO5/c28-23-17-27(18-24(29)26(31)25(23)30)15-9-2-1-3-10-16-32-19-21-13-7-8-14-22(21)20-11-5-4-6-12-20/h4-8,11-14,23-26,28-31H,1-2,9,15-19H2/t23-,24-,25+,26+/m0/s1. The summed E-state index contributed by atoms with van der Waals surface area (Å²) in [6.45, 7) is 2.03. The molecule has 1 fully saturated rings. The zero-order valence-electron chi connectivity index (χ0n) is 18.3. The van der Waals surface area contributed by atoms with Gasteiger partial charge in [0.25, 0.3) is 0 Å². The summed E-state index contributed by atoms with van der Waals surface area (Å²) >= 11 is 0. The van der Waals surface area contributed by atoms with Crippen LogP contribution in [0.25, 0.3) is 11.1 Å². The highest BCUT2D eigenvalue weighted by atomic mass is 16.5. The molecule has 32 heavy (non-hydrogen) atoms. The Morgan fingerprint density at radius 3 is 2.19 bits per heavy atom. The molecule has 1 aliphatic heterocycles. The van der Waals surface area contributed by atoms with Gasteiger partial charge in [0, 0.05) is 19.5 Å². The van der Waals surface area contributed by atoms with Crippen molar-refractivity contribution < 1.29 is 25.2 Å². The van der Waals surface area contributed by atoms with Gasteiger partial charge in [0.05, 0.1) is 18.8 Å². The SMILES string of the molecule is O[C@H]1[C@H](O)[C@@H](O)CN(CCCCC#CCOCc2ccccc2-c2ccccc2)C[C@@H]1O. The molecule has 0 saturated carbocycles. The number of aliphatic hydroxyl groups excluding tert-OH is 4. The first-order chi connectivity index (χ1) is 15.6. The summed E-state index contributed by atoms with van der Waals surface area (Å²) in [6, 6.07) is 18.5. The molecule has 2 aromatic rings. The van der Waals surface area contributed by atoms with E-state index in [1.807, 2.05) is 35.2 Å². The second-order valence-electron chi connectivity index (χ2n) is 8.20. The van der Waals surface area contributed by atoms with Gasteiger partial charge < -0.3 is 25.2 Å². The number of hydrogen-bond donors (Lipinski definition) is 4. The van der Waals surface area contributed by atoms with Crippen LogP contribution < -0.4 is 0 Å². The molecule has 0 bridgehead atoms. The van der Waals surface area contributed by atoms with E-state index >= 15 is 0 Å². The Morgan fingerprint density at radius 1 is 0.812 bits per heavy atom. The maximum absolute atomic E-state index is 9.90. The van der Waals surface area contributed by atoms with Gasteiger partial charge in [-0.3, -0.25) is 4.90 Å².